The van der Waals surface area contributed by atoms with Crippen LogP contribution in [0, 0.1) is 0 Å². The van der Waals surface area contributed by atoms with Crippen molar-refractivity contribution in [1.29, 1.82) is 0 Å². The summed E-state index contributed by atoms with van der Waals surface area (Å²) < 4.78 is 0. The van der Waals surface area contributed by atoms with Gasteiger partial charge >= 0.3 is 0 Å². The van der Waals surface area contributed by atoms with E-state index >= 15 is 0 Å². The number of hydrogen-bond donors (Lipinski definition) is 2. The third kappa shape index (κ3) is 3.32. The van der Waals surface area contributed by atoms with E-state index in [9.17, 15) is 4.79 Å². The van der Waals surface area contributed by atoms with Gasteiger partial charge in [-0.05, 0) is 24.4 Å². The van der Waals surface area contributed by atoms with Gasteiger partial charge < -0.3 is 20.9 Å². The fraction of sp³-hybridized carbons (Fsp3) is 0.385. The number of benzene rings is 1. The molecule has 0 radical (unpaired) electrons. The number of nitrogens with zero attached hydrogens (tertiary/aromatic N) is 2. The maximum Gasteiger partial charge on any atom is 0.219 e. The van der Waals surface area contributed by atoms with Crippen LogP contribution in [-0.2, 0) is 4.79 Å². The van der Waals surface area contributed by atoms with Crippen molar-refractivity contribution in [3.8, 4) is 0 Å². The molecule has 5 nitrogen and oxygen atoms in total. The van der Waals surface area contributed by atoms with Gasteiger partial charge in [-0.15, -0.1) is 0 Å². The quantitative estimate of drug-likeness (QED) is 0.813. The van der Waals surface area contributed by atoms with Crippen molar-refractivity contribution in [2.45, 2.75) is 6.92 Å². The van der Waals surface area contributed by atoms with Gasteiger partial charge in [-0.3, -0.25) is 4.79 Å². The molecule has 20 heavy (non-hydrogen) atoms. The Labute approximate surface area is 128 Å². The summed E-state index contributed by atoms with van der Waals surface area (Å²) in [4.78, 5) is 15.3. The van der Waals surface area contributed by atoms with Crippen molar-refractivity contribution in [3.63, 3.8) is 0 Å². The zero-order chi connectivity index (χ0) is 14.7. The van der Waals surface area contributed by atoms with Crippen LogP contribution in [0.3, 0.4) is 0 Å². The van der Waals surface area contributed by atoms with E-state index in [0.29, 0.717) is 18.1 Å². The summed E-state index contributed by atoms with van der Waals surface area (Å²) >= 11 is 11.2. The van der Waals surface area contributed by atoms with E-state index in [4.69, 9.17) is 29.6 Å². The first kappa shape index (κ1) is 14.9. The monoisotopic (exact) mass is 312 g/mol. The third-order valence-electron chi connectivity index (χ3n) is 3.29. The molecule has 0 atom stereocenters. The lowest BCUT2D eigenvalue weighted by Gasteiger charge is -2.37. The van der Waals surface area contributed by atoms with Crippen LogP contribution in [-0.4, -0.2) is 42.1 Å². The number of piperazine rings is 1. The van der Waals surface area contributed by atoms with Crippen LogP contribution in [0.1, 0.15) is 6.92 Å². The molecular weight excluding hydrogens is 296 g/mol. The first-order valence-corrected chi connectivity index (χ1v) is 7.13. The second-order valence-corrected chi connectivity index (χ2v) is 5.47. The van der Waals surface area contributed by atoms with Gasteiger partial charge in [-0.1, -0.05) is 17.7 Å². The van der Waals surface area contributed by atoms with E-state index in [1.165, 1.54) is 0 Å². The van der Waals surface area contributed by atoms with Crippen LogP contribution in [0.15, 0.2) is 18.2 Å². The Morgan fingerprint density at radius 2 is 2.00 bits per heavy atom. The second kappa shape index (κ2) is 6.28. The summed E-state index contributed by atoms with van der Waals surface area (Å²) in [5, 5.41) is 3.79. The van der Waals surface area contributed by atoms with Crippen LogP contribution < -0.4 is 16.0 Å². The van der Waals surface area contributed by atoms with E-state index in [1.807, 2.05) is 23.1 Å². The first-order valence-electron chi connectivity index (χ1n) is 6.34. The van der Waals surface area contributed by atoms with Gasteiger partial charge in [0, 0.05) is 33.1 Å². The zero-order valence-electron chi connectivity index (χ0n) is 11.2. The van der Waals surface area contributed by atoms with Gasteiger partial charge in [0.05, 0.1) is 16.4 Å². The molecule has 1 aliphatic rings. The topological polar surface area (TPSA) is 61.6 Å². The lowest BCUT2D eigenvalue weighted by molar-refractivity contribution is -0.129. The Kier molecular flexibility index (Phi) is 4.67. The lowest BCUT2D eigenvalue weighted by atomic mass is 10.2. The van der Waals surface area contributed by atoms with Crippen LogP contribution in [0.5, 0.6) is 0 Å². The smallest absolute Gasteiger partial charge is 0.219 e. The maximum atomic E-state index is 11.4. The zero-order valence-corrected chi connectivity index (χ0v) is 12.8. The van der Waals surface area contributed by atoms with Crippen LogP contribution in [0.4, 0.5) is 11.4 Å². The second-order valence-electron chi connectivity index (χ2n) is 4.62. The Morgan fingerprint density at radius 1 is 1.35 bits per heavy atom. The SMILES string of the molecule is CC(=O)N1CCN(c2c(Cl)cccc2NC(N)=S)CC1. The lowest BCUT2D eigenvalue weighted by Crippen LogP contribution is -2.48. The minimum Gasteiger partial charge on any atom is -0.376 e. The van der Waals surface area contributed by atoms with E-state index < -0.39 is 0 Å². The molecule has 2 rings (SSSR count). The molecule has 1 aromatic carbocycles. The number of anilines is 2. The fourth-order valence-electron chi connectivity index (χ4n) is 2.32. The normalized spacial score (nSPS) is 15.1. The van der Waals surface area contributed by atoms with Crippen molar-refractivity contribution in [3.05, 3.63) is 23.2 Å². The molecule has 0 spiro atoms. The summed E-state index contributed by atoms with van der Waals surface area (Å²) in [7, 11) is 0. The predicted molar refractivity (Wildman–Crippen MR) is 86.3 cm³/mol. The number of nitrogens with two attached hydrogens (primary N) is 1. The number of thiocarbonyl (C=S) groups is 1. The highest BCUT2D eigenvalue weighted by Crippen LogP contribution is 2.34. The number of carbonyl (C=O) groups is 1. The number of rotatable bonds is 2. The molecule has 0 aliphatic carbocycles. The highest BCUT2D eigenvalue weighted by atomic mass is 35.5. The Bertz CT molecular complexity index is 529. The highest BCUT2D eigenvalue weighted by Gasteiger charge is 2.22. The molecule has 1 fully saturated rings. The summed E-state index contributed by atoms with van der Waals surface area (Å²) in [6, 6.07) is 5.56. The highest BCUT2D eigenvalue weighted by molar-refractivity contribution is 7.80. The largest absolute Gasteiger partial charge is 0.376 e. The van der Waals surface area contributed by atoms with Gasteiger partial charge in [0.1, 0.15) is 0 Å². The molecule has 3 N–H and O–H groups in total. The number of hydrogen-bond acceptors (Lipinski definition) is 3. The molecule has 0 saturated carbocycles. The van der Waals surface area contributed by atoms with Gasteiger partial charge in [0.15, 0.2) is 5.11 Å². The molecule has 1 aliphatic heterocycles. The van der Waals surface area contributed by atoms with Crippen molar-refractivity contribution in [2.75, 3.05) is 36.4 Å². The standard InChI is InChI=1S/C13H17ClN4OS/c1-9(19)17-5-7-18(8-6-17)12-10(14)3-2-4-11(12)16-13(15)20/h2-4H,5-8H2,1H3,(H3,15,16,20). The van der Waals surface area contributed by atoms with Gasteiger partial charge in [0.2, 0.25) is 5.91 Å². The summed E-state index contributed by atoms with van der Waals surface area (Å²) in [6.07, 6.45) is 0. The first-order chi connectivity index (χ1) is 9.49. The molecule has 1 heterocycles. The number of nitrogens with one attached hydrogen (secondary N) is 1. The molecule has 108 valence electrons. The van der Waals surface area contributed by atoms with E-state index in [2.05, 4.69) is 10.2 Å². The summed E-state index contributed by atoms with van der Waals surface area (Å²) in [6.45, 7) is 4.43. The average molecular weight is 313 g/mol. The van der Waals surface area contributed by atoms with E-state index in [0.717, 1.165) is 24.5 Å². The number of para-hydroxylation sites is 1. The van der Waals surface area contributed by atoms with Crippen molar-refractivity contribution < 1.29 is 4.79 Å². The average Bonchev–Trinajstić information content (AvgIpc) is 2.38. The van der Waals surface area contributed by atoms with Gasteiger partial charge in [0.25, 0.3) is 0 Å². The van der Waals surface area contributed by atoms with Crippen molar-refractivity contribution in [2.24, 2.45) is 5.73 Å². The van der Waals surface area contributed by atoms with Crippen LogP contribution in [0.25, 0.3) is 0 Å². The fourth-order valence-corrected chi connectivity index (χ4v) is 2.72. The van der Waals surface area contributed by atoms with E-state index in [1.54, 1.807) is 6.92 Å². The molecule has 1 amide bonds. The van der Waals surface area contributed by atoms with Crippen LogP contribution >= 0.6 is 23.8 Å². The van der Waals surface area contributed by atoms with Crippen molar-refractivity contribution in [1.82, 2.24) is 4.90 Å². The minimum atomic E-state index is 0.102. The van der Waals surface area contributed by atoms with Gasteiger partial charge in [-0.25, -0.2) is 0 Å². The maximum absolute atomic E-state index is 11.4. The Hall–Kier alpha value is -1.53. The van der Waals surface area contributed by atoms with Gasteiger partial charge in [-0.2, -0.15) is 0 Å². The summed E-state index contributed by atoms with van der Waals surface area (Å²) in [5.74, 6) is 0.102. The van der Waals surface area contributed by atoms with Crippen molar-refractivity contribution >= 4 is 46.2 Å². The molecule has 0 unspecified atom stereocenters. The summed E-state index contributed by atoms with van der Waals surface area (Å²) in [5.41, 5.74) is 7.21. The molecule has 0 aromatic heterocycles. The predicted octanol–water partition coefficient (Wildman–Crippen LogP) is 1.66. The number of halogens is 1. The third-order valence-corrected chi connectivity index (χ3v) is 3.69. The van der Waals surface area contributed by atoms with E-state index in [-0.39, 0.29) is 11.0 Å². The molecule has 1 aromatic rings. The molecule has 0 bridgehead atoms. The Morgan fingerprint density at radius 3 is 2.55 bits per heavy atom. The number of carbonyl (C=O) groups excluding carboxylic acids is 1. The Balaban J connectivity index is 2.20. The molecular formula is C13H17ClN4OS. The molecule has 1 saturated heterocycles. The molecule has 7 heteroatoms. The minimum absolute atomic E-state index is 0.102. The number of amides is 1. The van der Waals surface area contributed by atoms with Crippen LogP contribution in [0.2, 0.25) is 5.02 Å².